The third-order valence-electron chi connectivity index (χ3n) is 1.62. The average Bonchev–Trinajstić information content (AvgIpc) is 2.04. The largest absolute Gasteiger partial charge is 0.462 e. The van der Waals surface area contributed by atoms with Gasteiger partial charge in [-0.3, -0.25) is 0 Å². The predicted molar refractivity (Wildman–Crippen MR) is 47.1 cm³/mol. The van der Waals surface area contributed by atoms with Crippen LogP contribution in [0.5, 0.6) is 0 Å². The van der Waals surface area contributed by atoms with Crippen LogP contribution in [0.4, 0.5) is 4.39 Å². The molecule has 0 heterocycles. The number of halogens is 1. The van der Waals surface area contributed by atoms with E-state index in [4.69, 9.17) is 0 Å². The number of rotatable bonds is 2. The van der Waals surface area contributed by atoms with E-state index in [9.17, 15) is 9.18 Å². The number of esters is 1. The molecule has 0 N–H and O–H groups in total. The first kappa shape index (κ1) is 9.71. The van der Waals surface area contributed by atoms with Crippen LogP contribution < -0.4 is 0 Å². The number of aryl methyl sites for hydroxylation is 1. The maximum Gasteiger partial charge on any atom is 0.341 e. The second-order valence-electron chi connectivity index (χ2n) is 2.70. The molecule has 1 rings (SSSR count). The molecule has 0 fully saturated rings. The molecule has 0 aliphatic carbocycles. The number of carbonyl (C=O) groups excluding carboxylic acids is 1. The van der Waals surface area contributed by atoms with Gasteiger partial charge in [0.05, 0.1) is 12.2 Å². The van der Waals surface area contributed by atoms with Crippen LogP contribution in [0.1, 0.15) is 22.8 Å². The third kappa shape index (κ3) is 2.28. The zero-order chi connectivity index (χ0) is 9.84. The molecule has 0 amide bonds. The number of hydrogen-bond donors (Lipinski definition) is 0. The van der Waals surface area contributed by atoms with Gasteiger partial charge in [0.25, 0.3) is 0 Å². The van der Waals surface area contributed by atoms with Crippen LogP contribution in [0.25, 0.3) is 0 Å². The highest BCUT2D eigenvalue weighted by Gasteiger charge is 2.11. The minimum atomic E-state index is -0.611. The van der Waals surface area contributed by atoms with Gasteiger partial charge in [-0.15, -0.1) is 0 Å². The highest BCUT2D eigenvalue weighted by atomic mass is 19.1. The number of carbonyl (C=O) groups is 1. The highest BCUT2D eigenvalue weighted by Crippen LogP contribution is 2.10. The summed E-state index contributed by atoms with van der Waals surface area (Å²) in [6, 6.07) is 4.42. The molecule has 2 nitrogen and oxygen atoms in total. The van der Waals surface area contributed by atoms with Crippen molar-refractivity contribution in [1.82, 2.24) is 0 Å². The van der Waals surface area contributed by atoms with Gasteiger partial charge in [0.15, 0.2) is 0 Å². The molecular weight excluding hydrogens is 171 g/mol. The van der Waals surface area contributed by atoms with Crippen molar-refractivity contribution in [3.05, 3.63) is 35.1 Å². The van der Waals surface area contributed by atoms with Crippen LogP contribution >= 0.6 is 0 Å². The molecule has 3 heteroatoms. The fourth-order valence-corrected chi connectivity index (χ4v) is 0.995. The summed E-state index contributed by atoms with van der Waals surface area (Å²) in [5.41, 5.74) is 0.776. The fraction of sp³-hybridized carbons (Fsp3) is 0.300. The van der Waals surface area contributed by atoms with Crippen molar-refractivity contribution < 1.29 is 13.9 Å². The molecule has 0 atom stereocenters. The summed E-state index contributed by atoms with van der Waals surface area (Å²) >= 11 is 0. The zero-order valence-corrected chi connectivity index (χ0v) is 7.63. The van der Waals surface area contributed by atoms with Crippen LogP contribution in [0, 0.1) is 12.7 Å². The first-order valence-corrected chi connectivity index (χ1v) is 4.08. The molecule has 13 heavy (non-hydrogen) atoms. The van der Waals surface area contributed by atoms with Gasteiger partial charge < -0.3 is 4.74 Å². The smallest absolute Gasteiger partial charge is 0.341 e. The fourth-order valence-electron chi connectivity index (χ4n) is 0.995. The van der Waals surface area contributed by atoms with Crippen LogP contribution in [-0.4, -0.2) is 12.6 Å². The summed E-state index contributed by atoms with van der Waals surface area (Å²) in [6.07, 6.45) is 0. The van der Waals surface area contributed by atoms with Crippen LogP contribution in [0.2, 0.25) is 0 Å². The van der Waals surface area contributed by atoms with Gasteiger partial charge in [-0.2, -0.15) is 0 Å². The van der Waals surface area contributed by atoms with E-state index in [1.54, 1.807) is 19.9 Å². The number of benzene rings is 1. The lowest BCUT2D eigenvalue weighted by atomic mass is 10.1. The summed E-state index contributed by atoms with van der Waals surface area (Å²) in [5, 5.41) is 0. The Labute approximate surface area is 76.3 Å². The molecule has 0 unspecified atom stereocenters. The molecule has 0 spiro atoms. The second-order valence-corrected chi connectivity index (χ2v) is 2.70. The van der Waals surface area contributed by atoms with Crippen molar-refractivity contribution in [2.75, 3.05) is 6.61 Å². The average molecular weight is 182 g/mol. The van der Waals surface area contributed by atoms with Crippen molar-refractivity contribution in [1.29, 1.82) is 0 Å². The van der Waals surface area contributed by atoms with Gasteiger partial charge in [-0.25, -0.2) is 9.18 Å². The van der Waals surface area contributed by atoms with Crippen molar-refractivity contribution in [2.24, 2.45) is 0 Å². The van der Waals surface area contributed by atoms with Crippen molar-refractivity contribution in [2.45, 2.75) is 13.8 Å². The maximum atomic E-state index is 13.1. The Bertz CT molecular complexity index is 321. The molecule has 0 bridgehead atoms. The molecule has 70 valence electrons. The Morgan fingerprint density at radius 3 is 2.77 bits per heavy atom. The minimum absolute atomic E-state index is 0.00699. The van der Waals surface area contributed by atoms with E-state index < -0.39 is 11.8 Å². The topological polar surface area (TPSA) is 26.3 Å². The van der Waals surface area contributed by atoms with Crippen molar-refractivity contribution in [3.8, 4) is 0 Å². The molecule has 0 saturated carbocycles. The normalized spacial score (nSPS) is 9.77. The van der Waals surface area contributed by atoms with Gasteiger partial charge in [-0.05, 0) is 31.5 Å². The molecule has 0 aromatic heterocycles. The Kier molecular flexibility index (Phi) is 3.01. The molecular formula is C10H11FO2. The Balaban J connectivity index is 2.95. The first-order valence-electron chi connectivity index (χ1n) is 4.08. The third-order valence-corrected chi connectivity index (χ3v) is 1.62. The highest BCUT2D eigenvalue weighted by molar-refractivity contribution is 5.89. The van der Waals surface area contributed by atoms with E-state index in [-0.39, 0.29) is 12.2 Å². The van der Waals surface area contributed by atoms with Crippen molar-refractivity contribution in [3.63, 3.8) is 0 Å². The van der Waals surface area contributed by atoms with E-state index in [2.05, 4.69) is 4.74 Å². The molecule has 1 aromatic carbocycles. The second kappa shape index (κ2) is 4.03. The van der Waals surface area contributed by atoms with Crippen LogP contribution in [0.3, 0.4) is 0 Å². The summed E-state index contributed by atoms with van der Waals surface area (Å²) in [5.74, 6) is -1.14. The first-order chi connectivity index (χ1) is 6.15. The standard InChI is InChI=1S/C10H11FO2/c1-3-13-10(12)8-5-4-7(2)6-9(8)11/h4-6H,3H2,1-2H3. The van der Waals surface area contributed by atoms with Gasteiger partial charge in [-0.1, -0.05) is 6.07 Å². The Morgan fingerprint density at radius 2 is 2.23 bits per heavy atom. The zero-order valence-electron chi connectivity index (χ0n) is 7.63. The van der Waals surface area contributed by atoms with Crippen molar-refractivity contribution >= 4 is 5.97 Å². The van der Waals surface area contributed by atoms with E-state index in [0.717, 1.165) is 5.56 Å². The monoisotopic (exact) mass is 182 g/mol. The lowest BCUT2D eigenvalue weighted by Crippen LogP contribution is -2.07. The molecule has 0 radical (unpaired) electrons. The van der Waals surface area contributed by atoms with Crippen LogP contribution in [-0.2, 0) is 4.74 Å². The van der Waals surface area contributed by atoms with Gasteiger partial charge in [0, 0.05) is 0 Å². The van der Waals surface area contributed by atoms with E-state index in [0.29, 0.717) is 0 Å². The minimum Gasteiger partial charge on any atom is -0.462 e. The van der Waals surface area contributed by atoms with E-state index in [1.807, 2.05) is 0 Å². The lowest BCUT2D eigenvalue weighted by molar-refractivity contribution is 0.0521. The summed E-state index contributed by atoms with van der Waals surface area (Å²) in [6.45, 7) is 3.70. The molecule has 0 saturated heterocycles. The predicted octanol–water partition coefficient (Wildman–Crippen LogP) is 2.31. The molecule has 0 aliphatic rings. The lowest BCUT2D eigenvalue weighted by Gasteiger charge is -2.03. The van der Waals surface area contributed by atoms with Gasteiger partial charge in [0.2, 0.25) is 0 Å². The Morgan fingerprint density at radius 1 is 1.54 bits per heavy atom. The van der Waals surface area contributed by atoms with E-state index >= 15 is 0 Å². The molecule has 1 aromatic rings. The summed E-state index contributed by atoms with van der Waals surface area (Å²) < 4.78 is 17.8. The Hall–Kier alpha value is -1.38. The number of hydrogen-bond acceptors (Lipinski definition) is 2. The summed E-state index contributed by atoms with van der Waals surface area (Å²) in [7, 11) is 0. The SMILES string of the molecule is CCOC(=O)c1ccc(C)cc1F. The van der Waals surface area contributed by atoms with Crippen LogP contribution in [0.15, 0.2) is 18.2 Å². The molecule has 0 aliphatic heterocycles. The number of ether oxygens (including phenoxy) is 1. The van der Waals surface area contributed by atoms with Gasteiger partial charge >= 0.3 is 5.97 Å². The quantitative estimate of drug-likeness (QED) is 0.656. The summed E-state index contributed by atoms with van der Waals surface area (Å²) in [4.78, 5) is 11.1. The van der Waals surface area contributed by atoms with Gasteiger partial charge in [0.1, 0.15) is 5.82 Å². The van der Waals surface area contributed by atoms with E-state index in [1.165, 1.54) is 12.1 Å². The maximum absolute atomic E-state index is 13.1.